The van der Waals surface area contributed by atoms with Gasteiger partial charge < -0.3 is 10.3 Å². The van der Waals surface area contributed by atoms with E-state index >= 15 is 0 Å². The number of hydrogen-bond donors (Lipinski definition) is 2. The van der Waals surface area contributed by atoms with E-state index < -0.39 is 0 Å². The molecule has 0 fully saturated rings. The molecule has 6 heteroatoms. The van der Waals surface area contributed by atoms with Crippen LogP contribution >= 0.6 is 11.3 Å². The molecule has 0 radical (unpaired) electrons. The number of nitrogens with one attached hydrogen (secondary N) is 2. The number of carbonyl (C=O) groups excluding carboxylic acids is 1. The highest BCUT2D eigenvalue weighted by molar-refractivity contribution is 7.13. The van der Waals surface area contributed by atoms with Gasteiger partial charge in [0.05, 0.1) is 12.2 Å². The van der Waals surface area contributed by atoms with Crippen LogP contribution in [0.2, 0.25) is 0 Å². The van der Waals surface area contributed by atoms with Crippen molar-refractivity contribution in [3.05, 3.63) is 87.8 Å². The highest BCUT2D eigenvalue weighted by Crippen LogP contribution is 2.23. The van der Waals surface area contributed by atoms with Gasteiger partial charge >= 0.3 is 0 Å². The molecule has 0 aliphatic carbocycles. The number of nitrogens with zero attached hydrogens (tertiary/aromatic N) is 1. The van der Waals surface area contributed by atoms with E-state index in [4.69, 9.17) is 0 Å². The maximum atomic E-state index is 12.4. The van der Waals surface area contributed by atoms with Crippen molar-refractivity contribution in [3.63, 3.8) is 0 Å². The predicted octanol–water partition coefficient (Wildman–Crippen LogP) is 3.58. The third-order valence-electron chi connectivity index (χ3n) is 4.00. The molecule has 0 bridgehead atoms. The van der Waals surface area contributed by atoms with Gasteiger partial charge in [-0.25, -0.2) is 4.98 Å². The van der Waals surface area contributed by atoms with Crippen molar-refractivity contribution in [1.82, 2.24) is 15.3 Å². The lowest BCUT2D eigenvalue weighted by atomic mass is 10.1. The standard InChI is InChI=1S/C20H15N3O2S/c24-18-16-9-5-4-8-14(16)10-17(23-18)19(25)21-11-15-12-26-20(22-15)13-6-2-1-3-7-13/h1-10,12H,11H2,(H,21,25)(H,23,24). The lowest BCUT2D eigenvalue weighted by Crippen LogP contribution is -2.26. The number of hydrogen-bond acceptors (Lipinski definition) is 4. The topological polar surface area (TPSA) is 74.8 Å². The summed E-state index contributed by atoms with van der Waals surface area (Å²) in [6, 6.07) is 18.8. The number of H-pyrrole nitrogens is 1. The van der Waals surface area contributed by atoms with Crippen LogP contribution in [-0.4, -0.2) is 15.9 Å². The molecular formula is C20H15N3O2S. The Kier molecular flexibility index (Phi) is 4.33. The van der Waals surface area contributed by atoms with Crippen LogP contribution < -0.4 is 10.9 Å². The molecule has 1 amide bonds. The molecule has 0 saturated heterocycles. The van der Waals surface area contributed by atoms with E-state index in [1.807, 2.05) is 47.8 Å². The lowest BCUT2D eigenvalue weighted by molar-refractivity contribution is 0.0945. The number of carbonyl (C=O) groups is 1. The van der Waals surface area contributed by atoms with Gasteiger partial charge in [0.2, 0.25) is 0 Å². The van der Waals surface area contributed by atoms with E-state index in [1.54, 1.807) is 18.2 Å². The summed E-state index contributed by atoms with van der Waals surface area (Å²) < 4.78 is 0. The first-order chi connectivity index (χ1) is 12.7. The molecule has 5 nitrogen and oxygen atoms in total. The second-order valence-electron chi connectivity index (χ2n) is 5.79. The van der Waals surface area contributed by atoms with E-state index in [1.165, 1.54) is 11.3 Å². The zero-order valence-corrected chi connectivity index (χ0v) is 14.5. The summed E-state index contributed by atoms with van der Waals surface area (Å²) in [5, 5.41) is 6.94. The van der Waals surface area contributed by atoms with Crippen LogP contribution in [0, 0.1) is 0 Å². The number of benzene rings is 2. The average molecular weight is 361 g/mol. The van der Waals surface area contributed by atoms with Crippen molar-refractivity contribution in [3.8, 4) is 10.6 Å². The third kappa shape index (κ3) is 3.27. The van der Waals surface area contributed by atoms with Gasteiger partial charge in [-0.1, -0.05) is 48.5 Å². The van der Waals surface area contributed by atoms with Gasteiger partial charge in [-0.2, -0.15) is 0 Å². The summed E-state index contributed by atoms with van der Waals surface area (Å²) >= 11 is 1.53. The van der Waals surface area contributed by atoms with Crippen LogP contribution in [0.15, 0.2) is 70.8 Å². The van der Waals surface area contributed by atoms with E-state index in [2.05, 4.69) is 15.3 Å². The molecule has 2 aromatic heterocycles. The SMILES string of the molecule is O=C(NCc1csc(-c2ccccc2)n1)c1cc2ccccc2c(=O)[nH]1. The maximum Gasteiger partial charge on any atom is 0.268 e. The Hall–Kier alpha value is -3.25. The van der Waals surface area contributed by atoms with Gasteiger partial charge in [0.25, 0.3) is 11.5 Å². The van der Waals surface area contributed by atoms with Crippen molar-refractivity contribution in [2.75, 3.05) is 0 Å². The molecule has 2 aromatic carbocycles. The summed E-state index contributed by atoms with van der Waals surface area (Å²) in [6.07, 6.45) is 0. The number of amides is 1. The highest BCUT2D eigenvalue weighted by Gasteiger charge is 2.10. The number of rotatable bonds is 4. The quantitative estimate of drug-likeness (QED) is 0.583. The van der Waals surface area contributed by atoms with Crippen molar-refractivity contribution in [1.29, 1.82) is 0 Å². The monoisotopic (exact) mass is 361 g/mol. The lowest BCUT2D eigenvalue weighted by Gasteiger charge is -2.05. The summed E-state index contributed by atoms with van der Waals surface area (Å²) in [5.41, 5.74) is 1.81. The second kappa shape index (κ2) is 6.93. The first-order valence-electron chi connectivity index (χ1n) is 8.11. The first-order valence-corrected chi connectivity index (χ1v) is 8.99. The molecule has 0 spiro atoms. The molecule has 0 unspecified atom stereocenters. The zero-order valence-electron chi connectivity index (χ0n) is 13.7. The zero-order chi connectivity index (χ0) is 17.9. The van der Waals surface area contributed by atoms with Crippen LogP contribution in [0.1, 0.15) is 16.2 Å². The molecule has 2 heterocycles. The van der Waals surface area contributed by atoms with Gasteiger partial charge in [0.1, 0.15) is 10.7 Å². The molecular weight excluding hydrogens is 346 g/mol. The number of aromatic amines is 1. The summed E-state index contributed by atoms with van der Waals surface area (Å²) in [5.74, 6) is -0.331. The number of aromatic nitrogens is 2. The molecule has 0 saturated carbocycles. The summed E-state index contributed by atoms with van der Waals surface area (Å²) in [4.78, 5) is 31.7. The number of pyridine rings is 1. The minimum Gasteiger partial charge on any atom is -0.345 e. The third-order valence-corrected chi connectivity index (χ3v) is 4.94. The Morgan fingerprint density at radius 1 is 1.08 bits per heavy atom. The van der Waals surface area contributed by atoms with Gasteiger partial charge in [-0.3, -0.25) is 9.59 Å². The fraction of sp³-hybridized carbons (Fsp3) is 0.0500. The van der Waals surface area contributed by atoms with Gasteiger partial charge in [-0.15, -0.1) is 11.3 Å². The van der Waals surface area contributed by atoms with E-state index in [0.717, 1.165) is 21.7 Å². The number of thiazole rings is 1. The van der Waals surface area contributed by atoms with E-state index in [-0.39, 0.29) is 17.2 Å². The number of fused-ring (bicyclic) bond motifs is 1. The second-order valence-corrected chi connectivity index (χ2v) is 6.65. The van der Waals surface area contributed by atoms with Gasteiger partial charge in [0, 0.05) is 16.3 Å². The van der Waals surface area contributed by atoms with Gasteiger partial charge in [-0.05, 0) is 17.5 Å². The van der Waals surface area contributed by atoms with E-state index in [9.17, 15) is 9.59 Å². The van der Waals surface area contributed by atoms with Crippen LogP contribution in [0.3, 0.4) is 0 Å². The van der Waals surface area contributed by atoms with Crippen LogP contribution in [-0.2, 0) is 6.54 Å². The molecule has 4 rings (SSSR count). The van der Waals surface area contributed by atoms with Crippen molar-refractivity contribution >= 4 is 28.0 Å². The predicted molar refractivity (Wildman–Crippen MR) is 103 cm³/mol. The normalized spacial score (nSPS) is 10.8. The first kappa shape index (κ1) is 16.2. The maximum absolute atomic E-state index is 12.4. The molecule has 0 aliphatic heterocycles. The molecule has 0 aliphatic rings. The van der Waals surface area contributed by atoms with Crippen LogP contribution in [0.25, 0.3) is 21.3 Å². The van der Waals surface area contributed by atoms with Crippen molar-refractivity contribution in [2.45, 2.75) is 6.54 Å². The Morgan fingerprint density at radius 3 is 2.69 bits per heavy atom. The van der Waals surface area contributed by atoms with Gasteiger partial charge in [0.15, 0.2) is 0 Å². The fourth-order valence-electron chi connectivity index (χ4n) is 2.70. The van der Waals surface area contributed by atoms with Crippen LogP contribution in [0.5, 0.6) is 0 Å². The smallest absolute Gasteiger partial charge is 0.268 e. The minimum absolute atomic E-state index is 0.243. The Labute approximate surface area is 153 Å². The Morgan fingerprint density at radius 2 is 1.85 bits per heavy atom. The van der Waals surface area contributed by atoms with Crippen molar-refractivity contribution in [2.24, 2.45) is 0 Å². The molecule has 4 aromatic rings. The Bertz CT molecular complexity index is 1130. The summed E-state index contributed by atoms with van der Waals surface area (Å²) in [6.45, 7) is 0.303. The summed E-state index contributed by atoms with van der Waals surface area (Å²) in [7, 11) is 0. The largest absolute Gasteiger partial charge is 0.345 e. The molecule has 26 heavy (non-hydrogen) atoms. The average Bonchev–Trinajstić information content (AvgIpc) is 3.16. The molecule has 128 valence electrons. The van der Waals surface area contributed by atoms with Crippen LogP contribution in [0.4, 0.5) is 0 Å². The fourth-order valence-corrected chi connectivity index (χ4v) is 3.53. The van der Waals surface area contributed by atoms with E-state index in [0.29, 0.717) is 11.9 Å². The minimum atomic E-state index is -0.331. The molecule has 0 atom stereocenters. The van der Waals surface area contributed by atoms with Crippen molar-refractivity contribution < 1.29 is 4.79 Å². The molecule has 2 N–H and O–H groups in total. The Balaban J connectivity index is 1.49. The highest BCUT2D eigenvalue weighted by atomic mass is 32.1.